The van der Waals surface area contributed by atoms with E-state index in [0.29, 0.717) is 38.6 Å². The van der Waals surface area contributed by atoms with Crippen LogP contribution in [-0.4, -0.2) is 160 Å². The van der Waals surface area contributed by atoms with Gasteiger partial charge in [-0.25, -0.2) is 9.59 Å². The molecule has 0 saturated heterocycles. The standard InChI is InChI=1S/C23H49N3O2.C19H45N7O2/c1-8-15-25(16-9-2)18-19-26(17-10-3)20-21(4)13-11-12-14-24-22(27)28-23(5,6)7;1-19(2,3)28-18(27)24-10-5-4-6-17(23)16-26(13-9-22)15-14-25(11-7-20)12-8-21/h21H,8-20H2,1-7H3,(H,24,27);17H,4-16,20-23H2,1-3H3,(H,24,27). The Balaban J connectivity index is 0. The molecule has 2 amide bonds. The number of amides is 2. The number of unbranched alkanes of at least 4 members (excludes halogenated alkanes) is 2. The van der Waals surface area contributed by atoms with Crippen molar-refractivity contribution in [2.75, 3.05) is 111 Å². The molecule has 336 valence electrons. The zero-order valence-corrected chi connectivity index (χ0v) is 38.3. The van der Waals surface area contributed by atoms with Gasteiger partial charge < -0.3 is 52.8 Å². The summed E-state index contributed by atoms with van der Waals surface area (Å²) in [5.74, 6) is 0.693. The van der Waals surface area contributed by atoms with Gasteiger partial charge >= 0.3 is 12.2 Å². The molecule has 0 aromatic heterocycles. The summed E-state index contributed by atoms with van der Waals surface area (Å²) in [7, 11) is 0. The van der Waals surface area contributed by atoms with Gasteiger partial charge in [-0.1, -0.05) is 40.5 Å². The highest BCUT2D eigenvalue weighted by molar-refractivity contribution is 5.67. The van der Waals surface area contributed by atoms with Crippen LogP contribution >= 0.6 is 0 Å². The summed E-state index contributed by atoms with van der Waals surface area (Å²) < 4.78 is 10.5. The van der Waals surface area contributed by atoms with Crippen LogP contribution in [0.15, 0.2) is 0 Å². The van der Waals surface area contributed by atoms with Crippen molar-refractivity contribution in [3.63, 3.8) is 0 Å². The van der Waals surface area contributed by atoms with Gasteiger partial charge in [-0.15, -0.1) is 0 Å². The maximum atomic E-state index is 11.6. The summed E-state index contributed by atoms with van der Waals surface area (Å²) in [4.78, 5) is 33.1. The molecular formula is C42H94N10O4. The highest BCUT2D eigenvalue weighted by Crippen LogP contribution is 2.12. The molecular weight excluding hydrogens is 709 g/mol. The Morgan fingerprint density at radius 1 is 0.536 bits per heavy atom. The van der Waals surface area contributed by atoms with Crippen molar-refractivity contribution in [1.29, 1.82) is 0 Å². The minimum absolute atomic E-state index is 0.0885. The zero-order valence-electron chi connectivity index (χ0n) is 38.3. The largest absolute Gasteiger partial charge is 0.444 e. The van der Waals surface area contributed by atoms with Crippen LogP contribution < -0.4 is 33.6 Å². The molecule has 0 aliphatic heterocycles. The molecule has 0 aliphatic carbocycles. The van der Waals surface area contributed by atoms with Gasteiger partial charge in [0.1, 0.15) is 11.2 Å². The first-order chi connectivity index (χ1) is 26.4. The summed E-state index contributed by atoms with van der Waals surface area (Å²) >= 11 is 0. The van der Waals surface area contributed by atoms with Crippen molar-refractivity contribution in [3.8, 4) is 0 Å². The SMILES string of the molecule is CC(C)(C)OC(=O)NCCCCC(N)CN(CCN)CCN(CCN)CCN.CCCN(CCC)CCN(CCC)CC(C)CCCCNC(=O)OC(C)(C)C. The molecule has 0 spiro atoms. The van der Waals surface area contributed by atoms with Gasteiger partial charge in [0.05, 0.1) is 0 Å². The number of nitrogens with two attached hydrogens (primary N) is 4. The molecule has 0 fully saturated rings. The van der Waals surface area contributed by atoms with Gasteiger partial charge in [0.15, 0.2) is 0 Å². The molecule has 0 radical (unpaired) electrons. The number of carbonyl (C=O) groups is 2. The van der Waals surface area contributed by atoms with Crippen molar-refractivity contribution in [2.24, 2.45) is 28.9 Å². The van der Waals surface area contributed by atoms with Gasteiger partial charge in [-0.3, -0.25) is 9.80 Å². The van der Waals surface area contributed by atoms with Crippen LogP contribution in [0.4, 0.5) is 9.59 Å². The van der Waals surface area contributed by atoms with E-state index in [9.17, 15) is 9.59 Å². The third-order valence-corrected chi connectivity index (χ3v) is 8.94. The second-order valence-electron chi connectivity index (χ2n) is 17.4. The molecule has 2 unspecified atom stereocenters. The molecule has 0 bridgehead atoms. The lowest BCUT2D eigenvalue weighted by Crippen LogP contribution is -2.45. The minimum atomic E-state index is -0.469. The number of nitrogens with zero attached hydrogens (tertiary/aromatic N) is 4. The second kappa shape index (κ2) is 35.2. The van der Waals surface area contributed by atoms with E-state index in [4.69, 9.17) is 32.4 Å². The quantitative estimate of drug-likeness (QED) is 0.0517. The van der Waals surface area contributed by atoms with Crippen molar-refractivity contribution >= 4 is 12.2 Å². The highest BCUT2D eigenvalue weighted by atomic mass is 16.6. The Labute approximate surface area is 345 Å². The average Bonchev–Trinajstić information content (AvgIpc) is 3.08. The first kappa shape index (κ1) is 56.3. The molecule has 0 rings (SSSR count). The van der Waals surface area contributed by atoms with E-state index in [2.05, 4.69) is 57.9 Å². The Kier molecular flexibility index (Phi) is 35.4. The summed E-state index contributed by atoms with van der Waals surface area (Å²) in [6.45, 7) is 35.9. The van der Waals surface area contributed by atoms with Crippen LogP contribution in [0.2, 0.25) is 0 Å². The summed E-state index contributed by atoms with van der Waals surface area (Å²) in [5, 5.41) is 5.63. The first-order valence-corrected chi connectivity index (χ1v) is 22.1. The van der Waals surface area contributed by atoms with E-state index < -0.39 is 11.2 Å². The normalized spacial score (nSPS) is 13.2. The van der Waals surface area contributed by atoms with Crippen LogP contribution in [0.5, 0.6) is 0 Å². The fourth-order valence-corrected chi connectivity index (χ4v) is 6.44. The lowest BCUT2D eigenvalue weighted by atomic mass is 10.0. The Morgan fingerprint density at radius 2 is 0.893 bits per heavy atom. The van der Waals surface area contributed by atoms with E-state index in [-0.39, 0.29) is 18.2 Å². The van der Waals surface area contributed by atoms with Crippen molar-refractivity contribution in [2.45, 2.75) is 144 Å². The van der Waals surface area contributed by atoms with Gasteiger partial charge in [0, 0.05) is 97.7 Å². The average molecular weight is 803 g/mol. The number of hydrogen-bond acceptors (Lipinski definition) is 12. The Bertz CT molecular complexity index is 835. The molecule has 0 aromatic carbocycles. The van der Waals surface area contributed by atoms with E-state index in [1.165, 1.54) is 65.0 Å². The number of carbonyl (C=O) groups excluding carboxylic acids is 2. The van der Waals surface area contributed by atoms with E-state index in [1.807, 2.05) is 41.5 Å². The third-order valence-electron chi connectivity index (χ3n) is 8.94. The van der Waals surface area contributed by atoms with E-state index in [0.717, 1.165) is 71.4 Å². The van der Waals surface area contributed by atoms with Gasteiger partial charge in [0.25, 0.3) is 0 Å². The van der Waals surface area contributed by atoms with E-state index in [1.54, 1.807) is 0 Å². The zero-order chi connectivity index (χ0) is 42.8. The molecule has 0 aliphatic rings. The fraction of sp³-hybridized carbons (Fsp3) is 0.952. The monoisotopic (exact) mass is 803 g/mol. The summed E-state index contributed by atoms with van der Waals surface area (Å²) in [6, 6.07) is 0.0885. The molecule has 10 N–H and O–H groups in total. The Hall–Kier alpha value is -1.78. The number of nitrogens with one attached hydrogen (secondary N) is 2. The molecule has 0 aromatic rings. The second-order valence-corrected chi connectivity index (χ2v) is 17.4. The lowest BCUT2D eigenvalue weighted by Gasteiger charge is -2.29. The maximum absolute atomic E-state index is 11.6. The molecule has 0 saturated carbocycles. The van der Waals surface area contributed by atoms with Gasteiger partial charge in [-0.05, 0) is 112 Å². The van der Waals surface area contributed by atoms with Crippen LogP contribution in [0.3, 0.4) is 0 Å². The Morgan fingerprint density at radius 3 is 1.30 bits per heavy atom. The maximum Gasteiger partial charge on any atom is 0.407 e. The number of hydrogen-bond donors (Lipinski definition) is 6. The third kappa shape index (κ3) is 37.8. The van der Waals surface area contributed by atoms with Crippen LogP contribution in [-0.2, 0) is 9.47 Å². The van der Waals surface area contributed by atoms with Crippen molar-refractivity contribution in [3.05, 3.63) is 0 Å². The predicted molar refractivity (Wildman–Crippen MR) is 237 cm³/mol. The highest BCUT2D eigenvalue weighted by Gasteiger charge is 2.17. The van der Waals surface area contributed by atoms with Crippen LogP contribution in [0.1, 0.15) is 127 Å². The van der Waals surface area contributed by atoms with Gasteiger partial charge in [-0.2, -0.15) is 0 Å². The van der Waals surface area contributed by atoms with Crippen molar-refractivity contribution in [1.82, 2.24) is 30.2 Å². The number of ether oxygens (including phenoxy) is 2. The first-order valence-electron chi connectivity index (χ1n) is 22.1. The molecule has 0 heterocycles. The topological polar surface area (TPSA) is 194 Å². The summed E-state index contributed by atoms with van der Waals surface area (Å²) in [5.41, 5.74) is 22.5. The minimum Gasteiger partial charge on any atom is -0.444 e. The fourth-order valence-electron chi connectivity index (χ4n) is 6.44. The molecule has 56 heavy (non-hydrogen) atoms. The van der Waals surface area contributed by atoms with E-state index >= 15 is 0 Å². The van der Waals surface area contributed by atoms with Crippen LogP contribution in [0.25, 0.3) is 0 Å². The summed E-state index contributed by atoms with van der Waals surface area (Å²) in [6.07, 6.45) is 9.13. The van der Waals surface area contributed by atoms with Gasteiger partial charge in [0.2, 0.25) is 0 Å². The smallest absolute Gasteiger partial charge is 0.407 e. The number of rotatable bonds is 32. The number of alkyl carbamates (subject to hydrolysis) is 2. The van der Waals surface area contributed by atoms with Crippen LogP contribution in [0, 0.1) is 5.92 Å². The predicted octanol–water partition coefficient (Wildman–Crippen LogP) is 4.64. The lowest BCUT2D eigenvalue weighted by molar-refractivity contribution is 0.0515. The molecule has 2 atom stereocenters. The molecule has 14 nitrogen and oxygen atoms in total. The molecule has 14 heteroatoms. The van der Waals surface area contributed by atoms with Crippen molar-refractivity contribution < 1.29 is 19.1 Å².